The number of hydrogen-bond acceptors (Lipinski definition) is 7. The van der Waals surface area contributed by atoms with Gasteiger partial charge in [0.05, 0.1) is 27.4 Å². The Labute approximate surface area is 166 Å². The maximum absolute atomic E-state index is 12.6. The van der Waals surface area contributed by atoms with E-state index in [1.54, 1.807) is 14.2 Å². The molecule has 0 N–H and O–H groups in total. The smallest absolute Gasteiger partial charge is 0.493 e. The van der Waals surface area contributed by atoms with E-state index >= 15 is 0 Å². The van der Waals surface area contributed by atoms with Crippen molar-refractivity contribution >= 4 is 7.82 Å². The van der Waals surface area contributed by atoms with Crippen LogP contribution < -0.4 is 9.47 Å². The van der Waals surface area contributed by atoms with Gasteiger partial charge in [0.25, 0.3) is 0 Å². The Morgan fingerprint density at radius 3 is 2.64 bits per heavy atom. The zero-order valence-corrected chi connectivity index (χ0v) is 17.6. The van der Waals surface area contributed by atoms with Gasteiger partial charge in [0.15, 0.2) is 11.5 Å². The highest BCUT2D eigenvalue weighted by Crippen LogP contribution is 2.56. The van der Waals surface area contributed by atoms with Gasteiger partial charge in [-0.15, -0.1) is 0 Å². The van der Waals surface area contributed by atoms with Crippen molar-refractivity contribution in [2.24, 2.45) is 0 Å². The minimum absolute atomic E-state index is 0.0378. The fourth-order valence-corrected chi connectivity index (χ4v) is 5.92. The number of benzene rings is 1. The summed E-state index contributed by atoms with van der Waals surface area (Å²) >= 11 is 0. The van der Waals surface area contributed by atoms with Crippen molar-refractivity contribution in [3.63, 3.8) is 0 Å². The Hall–Kier alpha value is -1.53. The van der Waals surface area contributed by atoms with E-state index in [0.29, 0.717) is 25.4 Å². The summed E-state index contributed by atoms with van der Waals surface area (Å²) in [4.78, 5) is 2.35. The summed E-state index contributed by atoms with van der Waals surface area (Å²) in [6, 6.07) is 6.42. The number of methoxy groups -OCH3 is 2. The van der Waals surface area contributed by atoms with E-state index in [1.807, 2.05) is 12.1 Å². The average molecular weight is 409 g/mol. The molecule has 2 fully saturated rings. The lowest BCUT2D eigenvalue weighted by atomic mass is 9.68. The number of nitrogens with zero attached hydrogens (tertiary/aromatic N) is 1. The molecule has 2 atom stereocenters. The van der Waals surface area contributed by atoms with Gasteiger partial charge >= 0.3 is 7.82 Å². The van der Waals surface area contributed by atoms with Crippen molar-refractivity contribution in [3.8, 4) is 11.5 Å². The number of fused-ring (bicyclic) bond motifs is 1. The monoisotopic (exact) mass is 409 g/mol. The van der Waals surface area contributed by atoms with Crippen LogP contribution in [0.1, 0.15) is 31.2 Å². The van der Waals surface area contributed by atoms with Gasteiger partial charge in [-0.25, -0.2) is 4.57 Å². The average Bonchev–Trinajstić information content (AvgIpc) is 3.05. The molecular formula is C20H28NO6P. The molecule has 7 nitrogen and oxygen atoms in total. The highest BCUT2D eigenvalue weighted by atomic mass is 31.2. The molecule has 3 aliphatic rings. The zero-order chi connectivity index (χ0) is 19.8. The fourth-order valence-electron chi connectivity index (χ4n) is 4.60. The molecule has 0 amide bonds. The second-order valence-corrected chi connectivity index (χ2v) is 9.20. The number of phosphoric ester groups is 1. The topological polar surface area (TPSA) is 66.5 Å². The number of ether oxygens (including phenoxy) is 2. The molecule has 0 bridgehead atoms. The van der Waals surface area contributed by atoms with Gasteiger partial charge < -0.3 is 18.9 Å². The van der Waals surface area contributed by atoms with Crippen LogP contribution >= 0.6 is 7.82 Å². The number of hydrogen-bond donors (Lipinski definition) is 0. The van der Waals surface area contributed by atoms with Crippen molar-refractivity contribution in [3.05, 3.63) is 35.6 Å². The summed E-state index contributed by atoms with van der Waals surface area (Å²) < 4.78 is 39.9. The Bertz CT molecular complexity index is 802. The normalized spacial score (nSPS) is 29.7. The van der Waals surface area contributed by atoms with Gasteiger partial charge in [-0.05, 0) is 56.6 Å². The molecule has 0 saturated carbocycles. The van der Waals surface area contributed by atoms with Gasteiger partial charge in [-0.2, -0.15) is 0 Å². The van der Waals surface area contributed by atoms with Crippen molar-refractivity contribution in [2.75, 3.05) is 41.0 Å². The van der Waals surface area contributed by atoms with E-state index in [2.05, 4.69) is 24.1 Å². The van der Waals surface area contributed by atoms with Crippen LogP contribution in [0.15, 0.2) is 30.0 Å². The molecule has 0 radical (unpaired) electrons. The Kier molecular flexibility index (Phi) is 5.45. The van der Waals surface area contributed by atoms with Gasteiger partial charge in [0, 0.05) is 17.9 Å². The molecule has 28 heavy (non-hydrogen) atoms. The summed E-state index contributed by atoms with van der Waals surface area (Å²) in [6.45, 7) is 1.80. The van der Waals surface area contributed by atoms with Crippen molar-refractivity contribution in [1.82, 2.24) is 4.90 Å². The number of allylic oxidation sites excluding steroid dienone is 1. The second-order valence-electron chi connectivity index (χ2n) is 7.61. The summed E-state index contributed by atoms with van der Waals surface area (Å²) in [5.41, 5.74) is 1.19. The molecule has 0 spiro atoms. The van der Waals surface area contributed by atoms with Crippen LogP contribution in [0.25, 0.3) is 0 Å². The summed E-state index contributed by atoms with van der Waals surface area (Å²) in [5, 5.41) is 0. The molecule has 1 aliphatic carbocycles. The van der Waals surface area contributed by atoms with Crippen LogP contribution in [-0.2, 0) is 23.6 Å². The molecule has 1 aromatic carbocycles. The molecule has 154 valence electrons. The maximum atomic E-state index is 12.6. The first-order valence-electron chi connectivity index (χ1n) is 9.70. The van der Waals surface area contributed by atoms with E-state index in [0.717, 1.165) is 37.3 Å². The molecule has 8 heteroatoms. The lowest BCUT2D eigenvalue weighted by Crippen LogP contribution is -2.43. The lowest BCUT2D eigenvalue weighted by Gasteiger charge is -2.41. The van der Waals surface area contributed by atoms with Gasteiger partial charge in [0.1, 0.15) is 5.76 Å². The minimum atomic E-state index is -3.48. The quantitative estimate of drug-likeness (QED) is 0.684. The van der Waals surface area contributed by atoms with Gasteiger partial charge in [-0.3, -0.25) is 9.05 Å². The number of phosphoric acid groups is 1. The number of likely N-dealkylation sites (tertiary alicyclic amines) is 1. The van der Waals surface area contributed by atoms with E-state index in [4.69, 9.17) is 23.0 Å². The summed E-state index contributed by atoms with van der Waals surface area (Å²) in [5.74, 6) is 2.16. The predicted octanol–water partition coefficient (Wildman–Crippen LogP) is 3.89. The molecule has 1 aromatic rings. The second kappa shape index (κ2) is 7.71. The highest BCUT2D eigenvalue weighted by molar-refractivity contribution is 7.48. The maximum Gasteiger partial charge on any atom is 0.529 e. The Morgan fingerprint density at radius 2 is 1.93 bits per heavy atom. The largest absolute Gasteiger partial charge is 0.529 e. The molecule has 2 saturated heterocycles. The fraction of sp³-hybridized carbons (Fsp3) is 0.600. The molecule has 2 heterocycles. The highest BCUT2D eigenvalue weighted by Gasteiger charge is 2.50. The van der Waals surface area contributed by atoms with Gasteiger partial charge in [0.2, 0.25) is 0 Å². The summed E-state index contributed by atoms with van der Waals surface area (Å²) in [6.07, 6.45) is 5.29. The van der Waals surface area contributed by atoms with Crippen LogP contribution in [-0.4, -0.2) is 52.0 Å². The standard InChI is InChI=1S/C20H28NO6P/c1-21-10-9-20(15-5-6-17(23-2)18(13-15)24-3)8-7-16(14-19(20)21)27-28(22)25-11-4-12-26-28/h5-7,13,19H,4,8-12,14H2,1-3H3/t19-,20-/m0/s1. The van der Waals surface area contributed by atoms with E-state index in [-0.39, 0.29) is 11.5 Å². The van der Waals surface area contributed by atoms with Gasteiger partial charge in [-0.1, -0.05) is 6.07 Å². The van der Waals surface area contributed by atoms with Crippen LogP contribution in [0.5, 0.6) is 11.5 Å². The van der Waals surface area contributed by atoms with Crippen LogP contribution in [0, 0.1) is 0 Å². The molecular weight excluding hydrogens is 381 g/mol. The summed E-state index contributed by atoms with van der Waals surface area (Å²) in [7, 11) is 1.96. The van der Waals surface area contributed by atoms with E-state index < -0.39 is 7.82 Å². The molecule has 4 rings (SSSR count). The minimum Gasteiger partial charge on any atom is -0.493 e. The van der Waals surface area contributed by atoms with Crippen molar-refractivity contribution < 1.29 is 27.6 Å². The van der Waals surface area contributed by atoms with Crippen LogP contribution in [0.2, 0.25) is 0 Å². The SMILES string of the molecule is COc1ccc([C@@]23CC=C(OP4(=O)OCCCO4)C[C@@H]2N(C)CC3)cc1OC. The van der Waals surface area contributed by atoms with Crippen LogP contribution in [0.3, 0.4) is 0 Å². The number of rotatable bonds is 5. The van der Waals surface area contributed by atoms with E-state index in [9.17, 15) is 4.57 Å². The zero-order valence-electron chi connectivity index (χ0n) is 16.7. The third-order valence-corrected chi connectivity index (χ3v) is 7.60. The lowest BCUT2D eigenvalue weighted by molar-refractivity contribution is 0.0837. The third kappa shape index (κ3) is 3.45. The van der Waals surface area contributed by atoms with Crippen molar-refractivity contribution in [1.29, 1.82) is 0 Å². The Balaban J connectivity index is 1.62. The molecule has 2 aliphatic heterocycles. The van der Waals surface area contributed by atoms with Crippen LogP contribution in [0.4, 0.5) is 0 Å². The first-order chi connectivity index (χ1) is 13.5. The number of likely N-dealkylation sites (N-methyl/N-ethyl adjacent to an activating group) is 1. The Morgan fingerprint density at radius 1 is 1.18 bits per heavy atom. The molecule has 0 aromatic heterocycles. The predicted molar refractivity (Wildman–Crippen MR) is 105 cm³/mol. The van der Waals surface area contributed by atoms with E-state index in [1.165, 1.54) is 5.56 Å². The first kappa shape index (κ1) is 19.8. The molecule has 0 unspecified atom stereocenters. The van der Waals surface area contributed by atoms with Crippen molar-refractivity contribution in [2.45, 2.75) is 37.1 Å². The third-order valence-electron chi connectivity index (χ3n) is 6.14. The first-order valence-corrected chi connectivity index (χ1v) is 11.2.